The third-order valence-corrected chi connectivity index (χ3v) is 8.49. The number of hydrogen-bond acceptors (Lipinski definition) is 8. The number of amides is 1. The lowest BCUT2D eigenvalue weighted by atomic mass is 10.1. The molecular weight excluding hydrogens is 498 g/mol. The van der Waals surface area contributed by atoms with E-state index >= 15 is 0 Å². The fraction of sp³-hybridized carbons (Fsp3) is 0.364. The van der Waals surface area contributed by atoms with Gasteiger partial charge in [-0.25, -0.2) is 21.6 Å². The molecule has 0 aliphatic carbocycles. The summed E-state index contributed by atoms with van der Waals surface area (Å²) < 4.78 is 62.6. The number of sulfonamides is 2. The fourth-order valence-electron chi connectivity index (χ4n) is 3.54. The summed E-state index contributed by atoms with van der Waals surface area (Å²) in [7, 11) is -6.40. The Balaban J connectivity index is 1.81. The molecule has 1 heterocycles. The molecule has 1 saturated heterocycles. The largest absolute Gasteiger partial charge is 0.465 e. The van der Waals surface area contributed by atoms with Gasteiger partial charge in [0.05, 0.1) is 42.7 Å². The van der Waals surface area contributed by atoms with Crippen molar-refractivity contribution in [3.63, 3.8) is 0 Å². The first-order valence-corrected chi connectivity index (χ1v) is 13.9. The highest BCUT2D eigenvalue weighted by atomic mass is 32.2. The number of benzene rings is 2. The maximum absolute atomic E-state index is 12.8. The van der Waals surface area contributed by atoms with Crippen molar-refractivity contribution in [3.8, 4) is 0 Å². The average molecular weight is 526 g/mol. The van der Waals surface area contributed by atoms with Gasteiger partial charge in [0.15, 0.2) is 0 Å². The highest BCUT2D eigenvalue weighted by Gasteiger charge is 2.27. The second-order valence-corrected chi connectivity index (χ2v) is 11.6. The van der Waals surface area contributed by atoms with E-state index < -0.39 is 38.5 Å². The van der Waals surface area contributed by atoms with Crippen molar-refractivity contribution in [1.29, 1.82) is 0 Å². The molecule has 190 valence electrons. The molecular formula is C22H27N3O8S2. The summed E-state index contributed by atoms with van der Waals surface area (Å²) in [5.41, 5.74) is 1.19. The van der Waals surface area contributed by atoms with Crippen molar-refractivity contribution >= 4 is 43.3 Å². The first-order valence-electron chi connectivity index (χ1n) is 10.6. The van der Waals surface area contributed by atoms with Crippen LogP contribution in [-0.4, -0.2) is 79.2 Å². The number of carbonyl (C=O) groups is 2. The van der Waals surface area contributed by atoms with Gasteiger partial charge in [-0.15, -0.1) is 0 Å². The molecule has 0 saturated carbocycles. The number of anilines is 2. The minimum atomic E-state index is -3.89. The molecule has 1 aliphatic rings. The van der Waals surface area contributed by atoms with Crippen molar-refractivity contribution < 1.29 is 35.9 Å². The molecule has 2 aromatic carbocycles. The van der Waals surface area contributed by atoms with Gasteiger partial charge >= 0.3 is 5.97 Å². The Hall–Kier alpha value is -3.00. The molecule has 0 aromatic heterocycles. The number of nitrogens with one attached hydrogen (secondary N) is 1. The summed E-state index contributed by atoms with van der Waals surface area (Å²) in [6, 6.07) is 9.98. The number of ether oxygens (including phenoxy) is 2. The van der Waals surface area contributed by atoms with Crippen LogP contribution in [-0.2, 0) is 34.3 Å². The molecule has 0 bridgehead atoms. The number of morpholine rings is 1. The lowest BCUT2D eigenvalue weighted by Crippen LogP contribution is -2.40. The first-order chi connectivity index (χ1) is 16.4. The quantitative estimate of drug-likeness (QED) is 0.508. The van der Waals surface area contributed by atoms with E-state index in [0.29, 0.717) is 24.5 Å². The third-order valence-electron chi connectivity index (χ3n) is 5.43. The summed E-state index contributed by atoms with van der Waals surface area (Å²) in [5.74, 6) is -1.21. The molecule has 0 unspecified atom stereocenters. The van der Waals surface area contributed by atoms with Crippen LogP contribution in [0.1, 0.15) is 15.9 Å². The number of methoxy groups -OCH3 is 1. The zero-order valence-electron chi connectivity index (χ0n) is 19.6. The number of carbonyl (C=O) groups excluding carboxylic acids is 2. The van der Waals surface area contributed by atoms with Crippen LogP contribution in [0.15, 0.2) is 47.4 Å². The molecule has 0 atom stereocenters. The van der Waals surface area contributed by atoms with Gasteiger partial charge in [-0.05, 0) is 48.9 Å². The average Bonchev–Trinajstić information content (AvgIpc) is 2.83. The van der Waals surface area contributed by atoms with E-state index in [9.17, 15) is 26.4 Å². The van der Waals surface area contributed by atoms with Crippen LogP contribution in [0.25, 0.3) is 0 Å². The van der Waals surface area contributed by atoms with Gasteiger partial charge in [0.1, 0.15) is 6.54 Å². The maximum atomic E-state index is 12.8. The van der Waals surface area contributed by atoms with E-state index in [1.54, 1.807) is 25.1 Å². The van der Waals surface area contributed by atoms with Gasteiger partial charge in [0.2, 0.25) is 26.0 Å². The Morgan fingerprint density at radius 1 is 1.06 bits per heavy atom. The second kappa shape index (κ2) is 10.7. The lowest BCUT2D eigenvalue weighted by molar-refractivity contribution is -0.114. The molecule has 2 aromatic rings. The van der Waals surface area contributed by atoms with Gasteiger partial charge in [-0.1, -0.05) is 6.07 Å². The van der Waals surface area contributed by atoms with Crippen molar-refractivity contribution in [2.24, 2.45) is 0 Å². The third kappa shape index (κ3) is 6.17. The van der Waals surface area contributed by atoms with Gasteiger partial charge in [0, 0.05) is 18.8 Å². The van der Waals surface area contributed by atoms with Crippen LogP contribution >= 0.6 is 0 Å². The first kappa shape index (κ1) is 26.6. The zero-order chi connectivity index (χ0) is 25.8. The van der Waals surface area contributed by atoms with Crippen LogP contribution in [0.4, 0.5) is 11.4 Å². The molecule has 1 aliphatic heterocycles. The summed E-state index contributed by atoms with van der Waals surface area (Å²) in [6.45, 7) is 2.14. The number of esters is 1. The van der Waals surface area contributed by atoms with E-state index in [1.807, 2.05) is 0 Å². The normalized spacial score (nSPS) is 14.8. The highest BCUT2D eigenvalue weighted by Crippen LogP contribution is 2.24. The molecule has 35 heavy (non-hydrogen) atoms. The monoisotopic (exact) mass is 525 g/mol. The van der Waals surface area contributed by atoms with E-state index in [-0.39, 0.29) is 29.2 Å². The Kier molecular flexibility index (Phi) is 8.15. The fourth-order valence-corrected chi connectivity index (χ4v) is 5.81. The molecule has 0 spiro atoms. The smallest absolute Gasteiger partial charge is 0.338 e. The molecule has 3 rings (SSSR count). The SMILES string of the molecule is COC(=O)c1cccc(NC(=O)CN(c2ccc(S(=O)(=O)N3CCOCC3)cc2)S(C)(=O)=O)c1C. The van der Waals surface area contributed by atoms with Crippen LogP contribution in [0.2, 0.25) is 0 Å². The molecule has 11 nitrogen and oxygen atoms in total. The van der Waals surface area contributed by atoms with Crippen LogP contribution in [0, 0.1) is 6.92 Å². The maximum Gasteiger partial charge on any atom is 0.338 e. The Morgan fingerprint density at radius 2 is 1.69 bits per heavy atom. The predicted octanol–water partition coefficient (Wildman–Crippen LogP) is 1.21. The number of hydrogen-bond donors (Lipinski definition) is 1. The number of rotatable bonds is 8. The van der Waals surface area contributed by atoms with Gasteiger partial charge in [0.25, 0.3) is 0 Å². The summed E-state index contributed by atoms with van der Waals surface area (Å²) in [5, 5.41) is 2.61. The topological polar surface area (TPSA) is 139 Å². The molecule has 13 heteroatoms. The Labute approximate surface area is 204 Å². The van der Waals surface area contributed by atoms with E-state index in [0.717, 1.165) is 10.6 Å². The summed E-state index contributed by atoms with van der Waals surface area (Å²) in [4.78, 5) is 24.6. The van der Waals surface area contributed by atoms with E-state index in [4.69, 9.17) is 9.47 Å². The van der Waals surface area contributed by atoms with E-state index in [2.05, 4.69) is 5.32 Å². The van der Waals surface area contributed by atoms with Crippen molar-refractivity contribution in [2.75, 3.05) is 55.8 Å². The number of nitrogens with zero attached hydrogens (tertiary/aromatic N) is 2. The van der Waals surface area contributed by atoms with Gasteiger partial charge in [-0.2, -0.15) is 4.31 Å². The van der Waals surface area contributed by atoms with Crippen molar-refractivity contribution in [2.45, 2.75) is 11.8 Å². The minimum absolute atomic E-state index is 0.0105. The molecule has 1 fully saturated rings. The predicted molar refractivity (Wildman–Crippen MR) is 129 cm³/mol. The van der Waals surface area contributed by atoms with Crippen molar-refractivity contribution in [3.05, 3.63) is 53.6 Å². The second-order valence-electron chi connectivity index (χ2n) is 7.80. The summed E-state index contributed by atoms with van der Waals surface area (Å²) in [6.07, 6.45) is 0.946. The lowest BCUT2D eigenvalue weighted by Gasteiger charge is -2.26. The summed E-state index contributed by atoms with van der Waals surface area (Å²) >= 11 is 0. The highest BCUT2D eigenvalue weighted by molar-refractivity contribution is 7.92. The molecule has 1 amide bonds. The Morgan fingerprint density at radius 3 is 2.26 bits per heavy atom. The van der Waals surface area contributed by atoms with Crippen LogP contribution in [0.5, 0.6) is 0 Å². The molecule has 1 N–H and O–H groups in total. The van der Waals surface area contributed by atoms with E-state index in [1.165, 1.54) is 35.7 Å². The zero-order valence-corrected chi connectivity index (χ0v) is 21.2. The minimum Gasteiger partial charge on any atom is -0.465 e. The van der Waals surface area contributed by atoms with Crippen LogP contribution in [0.3, 0.4) is 0 Å². The van der Waals surface area contributed by atoms with Gasteiger partial charge < -0.3 is 14.8 Å². The Bertz CT molecular complexity index is 1300. The van der Waals surface area contributed by atoms with Crippen molar-refractivity contribution in [1.82, 2.24) is 4.31 Å². The molecule has 0 radical (unpaired) electrons. The standard InChI is InChI=1S/C22H27N3O8S2/c1-16-19(22(27)32-2)5-4-6-20(16)23-21(26)15-25(34(3,28)29)17-7-9-18(10-8-17)35(30,31)24-11-13-33-14-12-24/h4-10H,11-15H2,1-3H3,(H,23,26). The van der Waals surface area contributed by atoms with Gasteiger partial charge in [-0.3, -0.25) is 9.10 Å². The van der Waals surface area contributed by atoms with Crippen LogP contribution < -0.4 is 9.62 Å².